The SMILES string of the molecule is SN=C=NC1CCCCC1. The third-order valence-electron chi connectivity index (χ3n) is 1.86. The molecular formula is C7H12N2S. The Morgan fingerprint density at radius 2 is 1.90 bits per heavy atom. The predicted molar refractivity (Wildman–Crippen MR) is 45.7 cm³/mol. The summed E-state index contributed by atoms with van der Waals surface area (Å²) in [7, 11) is 0. The molecule has 1 saturated carbocycles. The van der Waals surface area contributed by atoms with Gasteiger partial charge in [-0.05, 0) is 25.7 Å². The minimum Gasteiger partial charge on any atom is -0.222 e. The van der Waals surface area contributed by atoms with E-state index >= 15 is 0 Å². The molecular weight excluding hydrogens is 144 g/mol. The van der Waals surface area contributed by atoms with Gasteiger partial charge in [-0.2, -0.15) is 4.40 Å². The van der Waals surface area contributed by atoms with Crippen molar-refractivity contribution in [1.82, 2.24) is 0 Å². The van der Waals surface area contributed by atoms with Gasteiger partial charge in [0.05, 0.1) is 6.04 Å². The zero-order valence-electron chi connectivity index (χ0n) is 5.95. The van der Waals surface area contributed by atoms with E-state index in [9.17, 15) is 0 Å². The van der Waals surface area contributed by atoms with Crippen molar-refractivity contribution in [2.45, 2.75) is 38.1 Å². The lowest BCUT2D eigenvalue weighted by molar-refractivity contribution is 0.444. The molecule has 56 valence electrons. The summed E-state index contributed by atoms with van der Waals surface area (Å²) < 4.78 is 3.41. The molecule has 0 aromatic heterocycles. The van der Waals surface area contributed by atoms with E-state index < -0.39 is 0 Å². The molecule has 0 spiro atoms. The van der Waals surface area contributed by atoms with Gasteiger partial charge < -0.3 is 0 Å². The Morgan fingerprint density at radius 1 is 1.20 bits per heavy atom. The summed E-state index contributed by atoms with van der Waals surface area (Å²) in [4.78, 5) is 4.11. The average molecular weight is 156 g/mol. The predicted octanol–water partition coefficient (Wildman–Crippen LogP) is 2.34. The zero-order chi connectivity index (χ0) is 7.23. The highest BCUT2D eigenvalue weighted by atomic mass is 32.1. The van der Waals surface area contributed by atoms with Crippen LogP contribution < -0.4 is 0 Å². The van der Waals surface area contributed by atoms with Crippen molar-refractivity contribution in [2.24, 2.45) is 9.39 Å². The van der Waals surface area contributed by atoms with Gasteiger partial charge >= 0.3 is 0 Å². The standard InChI is InChI=1S/C7H12N2S/c10-9-6-8-7-4-2-1-3-5-7/h7,10H,1-5H2. The maximum atomic E-state index is 4.11. The molecule has 0 N–H and O–H groups in total. The lowest BCUT2D eigenvalue weighted by Crippen LogP contribution is -2.08. The molecule has 0 amide bonds. The van der Waals surface area contributed by atoms with E-state index in [2.05, 4.69) is 28.2 Å². The smallest absolute Gasteiger partial charge is 0.102 e. The van der Waals surface area contributed by atoms with Crippen molar-refractivity contribution >= 4 is 18.8 Å². The topological polar surface area (TPSA) is 24.7 Å². The molecule has 1 rings (SSSR count). The number of hydrogen-bond donors (Lipinski definition) is 1. The van der Waals surface area contributed by atoms with Crippen molar-refractivity contribution in [1.29, 1.82) is 0 Å². The largest absolute Gasteiger partial charge is 0.222 e. The fourth-order valence-electron chi connectivity index (χ4n) is 1.32. The van der Waals surface area contributed by atoms with E-state index in [1.165, 1.54) is 32.1 Å². The Morgan fingerprint density at radius 3 is 2.50 bits per heavy atom. The van der Waals surface area contributed by atoms with Crippen LogP contribution in [0.15, 0.2) is 9.39 Å². The van der Waals surface area contributed by atoms with Crippen molar-refractivity contribution in [2.75, 3.05) is 0 Å². The Kier molecular flexibility index (Phi) is 3.55. The van der Waals surface area contributed by atoms with Gasteiger partial charge in [0.2, 0.25) is 0 Å². The number of nitrogens with zero attached hydrogens (tertiary/aromatic N) is 2. The molecule has 2 nitrogen and oxygen atoms in total. The summed E-state index contributed by atoms with van der Waals surface area (Å²) in [5, 5.41) is 0. The van der Waals surface area contributed by atoms with Crippen LogP contribution in [0.5, 0.6) is 0 Å². The van der Waals surface area contributed by atoms with Gasteiger partial charge in [-0.15, -0.1) is 0 Å². The van der Waals surface area contributed by atoms with Crippen LogP contribution in [0.4, 0.5) is 0 Å². The molecule has 0 radical (unpaired) electrons. The summed E-state index contributed by atoms with van der Waals surface area (Å²) in [6.45, 7) is 0. The van der Waals surface area contributed by atoms with Crippen LogP contribution in [0, 0.1) is 0 Å². The van der Waals surface area contributed by atoms with Crippen molar-refractivity contribution < 1.29 is 0 Å². The molecule has 1 aliphatic carbocycles. The highest BCUT2D eigenvalue weighted by molar-refractivity contribution is 7.78. The van der Waals surface area contributed by atoms with E-state index in [-0.39, 0.29) is 0 Å². The molecule has 0 unspecified atom stereocenters. The summed E-state index contributed by atoms with van der Waals surface area (Å²) in [6, 6.07) is 3.01. The molecule has 0 aromatic rings. The summed E-state index contributed by atoms with van der Waals surface area (Å²) in [6.07, 6.45) is 6.39. The zero-order valence-corrected chi connectivity index (χ0v) is 6.85. The van der Waals surface area contributed by atoms with Crippen LogP contribution in [-0.2, 0) is 0 Å². The summed E-state index contributed by atoms with van der Waals surface area (Å²) in [5.74, 6) is 0. The average Bonchev–Trinajstić information content (AvgIpc) is 2.03. The number of hydrogen-bond acceptors (Lipinski definition) is 3. The lowest BCUT2D eigenvalue weighted by Gasteiger charge is -2.15. The van der Waals surface area contributed by atoms with E-state index in [1.807, 2.05) is 0 Å². The molecule has 3 heteroatoms. The van der Waals surface area contributed by atoms with Crippen molar-refractivity contribution in [3.05, 3.63) is 0 Å². The van der Waals surface area contributed by atoms with Gasteiger partial charge in [-0.1, -0.05) is 19.3 Å². The second kappa shape index (κ2) is 4.53. The maximum Gasteiger partial charge on any atom is 0.102 e. The molecule has 0 atom stereocenters. The van der Waals surface area contributed by atoms with Gasteiger partial charge in [-0.3, -0.25) is 0 Å². The number of aliphatic imine (C=N–C) groups is 1. The fraction of sp³-hybridized carbons (Fsp3) is 0.857. The quantitative estimate of drug-likeness (QED) is 0.445. The Balaban J connectivity index is 2.32. The minimum absolute atomic E-state index is 0.477. The van der Waals surface area contributed by atoms with Crippen molar-refractivity contribution in [3.63, 3.8) is 0 Å². The third kappa shape index (κ3) is 2.54. The first-order valence-electron chi connectivity index (χ1n) is 3.72. The number of rotatable bonds is 1. The molecule has 1 fully saturated rings. The summed E-state index contributed by atoms with van der Waals surface area (Å²) in [5.41, 5.74) is 0. The normalized spacial score (nSPS) is 19.7. The van der Waals surface area contributed by atoms with E-state index in [0.29, 0.717) is 6.04 Å². The first-order valence-corrected chi connectivity index (χ1v) is 4.12. The molecule has 0 aromatic carbocycles. The third-order valence-corrected chi connectivity index (χ3v) is 1.95. The monoisotopic (exact) mass is 156 g/mol. The Hall–Kier alpha value is -0.270. The van der Waals surface area contributed by atoms with Crippen LogP contribution in [0.25, 0.3) is 0 Å². The van der Waals surface area contributed by atoms with Gasteiger partial charge in [-0.25, -0.2) is 4.99 Å². The highest BCUT2D eigenvalue weighted by Crippen LogP contribution is 2.19. The van der Waals surface area contributed by atoms with Crippen LogP contribution in [0.1, 0.15) is 32.1 Å². The van der Waals surface area contributed by atoms with Gasteiger partial charge in [0, 0.05) is 0 Å². The molecule has 10 heavy (non-hydrogen) atoms. The molecule has 0 aliphatic heterocycles. The molecule has 0 saturated heterocycles. The van der Waals surface area contributed by atoms with Gasteiger partial charge in [0.25, 0.3) is 0 Å². The lowest BCUT2D eigenvalue weighted by atomic mass is 9.96. The van der Waals surface area contributed by atoms with Crippen LogP contribution >= 0.6 is 12.8 Å². The molecule has 0 bridgehead atoms. The highest BCUT2D eigenvalue weighted by Gasteiger charge is 2.10. The van der Waals surface area contributed by atoms with Crippen LogP contribution in [0.3, 0.4) is 0 Å². The molecule has 1 aliphatic rings. The summed E-state index contributed by atoms with van der Waals surface area (Å²) >= 11 is 3.64. The number of thiol groups is 1. The van der Waals surface area contributed by atoms with E-state index in [0.717, 1.165) is 0 Å². The van der Waals surface area contributed by atoms with Crippen LogP contribution in [0.2, 0.25) is 0 Å². The first-order chi connectivity index (χ1) is 4.93. The van der Waals surface area contributed by atoms with Crippen molar-refractivity contribution in [3.8, 4) is 0 Å². The maximum absolute atomic E-state index is 4.11. The van der Waals surface area contributed by atoms with Crippen LogP contribution in [-0.4, -0.2) is 12.1 Å². The van der Waals surface area contributed by atoms with Gasteiger partial charge in [0.1, 0.15) is 6.01 Å². The Labute approximate surface area is 67.0 Å². The van der Waals surface area contributed by atoms with E-state index in [1.54, 1.807) is 0 Å². The first kappa shape index (κ1) is 7.83. The second-order valence-corrected chi connectivity index (χ2v) is 2.82. The Bertz CT molecular complexity index is 144. The van der Waals surface area contributed by atoms with E-state index in [4.69, 9.17) is 0 Å². The minimum atomic E-state index is 0.477. The molecule has 0 heterocycles. The fourth-order valence-corrected chi connectivity index (χ4v) is 1.37. The van der Waals surface area contributed by atoms with Gasteiger partial charge in [0.15, 0.2) is 0 Å². The second-order valence-electron chi connectivity index (χ2n) is 2.62.